The summed E-state index contributed by atoms with van der Waals surface area (Å²) in [5.74, 6) is 0.799. The Hall–Kier alpha value is -3.49. The fraction of sp³-hybridized carbons (Fsp3) is 0. The molecule has 5 heteroatoms. The molecule has 0 amide bonds. The average Bonchev–Trinajstić information content (AvgIpc) is 3.36. The summed E-state index contributed by atoms with van der Waals surface area (Å²) < 4.78 is 0. The van der Waals surface area contributed by atoms with Crippen LogP contribution in [0.4, 0.5) is 17.2 Å². The predicted octanol–water partition coefficient (Wildman–Crippen LogP) is 6.04. The molecule has 0 bridgehead atoms. The van der Waals surface area contributed by atoms with Gasteiger partial charge in [-0.25, -0.2) is 10.7 Å². The van der Waals surface area contributed by atoms with Crippen LogP contribution >= 0.6 is 0 Å². The van der Waals surface area contributed by atoms with Crippen LogP contribution in [-0.4, -0.2) is 9.97 Å². The van der Waals surface area contributed by atoms with Crippen LogP contribution in [0.3, 0.4) is 0 Å². The number of nitrogens with zero attached hydrogens (tertiary/aromatic N) is 4. The summed E-state index contributed by atoms with van der Waals surface area (Å²) >= 11 is 0. The van der Waals surface area contributed by atoms with Crippen LogP contribution in [0.1, 0.15) is 0 Å². The fourth-order valence-electron chi connectivity index (χ4n) is 3.37. The van der Waals surface area contributed by atoms with Gasteiger partial charge in [-0.05, 0) is 42.1 Å². The van der Waals surface area contributed by atoms with E-state index in [0.29, 0.717) is 0 Å². The van der Waals surface area contributed by atoms with Gasteiger partial charge in [0.05, 0.1) is 11.4 Å². The van der Waals surface area contributed by atoms with Crippen molar-refractivity contribution in [3.8, 4) is 22.6 Å². The Kier molecular flexibility index (Phi) is 6.39. The van der Waals surface area contributed by atoms with Gasteiger partial charge >= 0.3 is 21.1 Å². The number of rotatable bonds is 5. The Morgan fingerprint density at radius 1 is 0.710 bits per heavy atom. The van der Waals surface area contributed by atoms with Crippen molar-refractivity contribution in [2.75, 3.05) is 4.90 Å². The van der Waals surface area contributed by atoms with E-state index in [1.165, 1.54) is 0 Å². The molecule has 0 saturated carbocycles. The summed E-state index contributed by atoms with van der Waals surface area (Å²) in [5, 5.41) is 0. The van der Waals surface area contributed by atoms with Crippen LogP contribution in [0.15, 0.2) is 109 Å². The summed E-state index contributed by atoms with van der Waals surface area (Å²) in [4.78, 5) is 15.9. The Morgan fingerprint density at radius 2 is 1.52 bits per heavy atom. The minimum Gasteiger partial charge on any atom is -0.708 e. The van der Waals surface area contributed by atoms with Crippen LogP contribution in [0, 0.1) is 6.07 Å². The maximum atomic E-state index is 4.92. The van der Waals surface area contributed by atoms with E-state index in [1.807, 2.05) is 84.9 Å². The van der Waals surface area contributed by atoms with Gasteiger partial charge in [0.15, 0.2) is 0 Å². The molecule has 5 aromatic rings. The van der Waals surface area contributed by atoms with Gasteiger partial charge in [-0.15, -0.1) is 30.3 Å². The van der Waals surface area contributed by atoms with Crippen molar-refractivity contribution in [3.05, 3.63) is 116 Å². The first kappa shape index (κ1) is 20.8. The summed E-state index contributed by atoms with van der Waals surface area (Å²) in [6.07, 6.45) is 3.57. The van der Waals surface area contributed by atoms with Crippen molar-refractivity contribution in [2.24, 2.45) is 0 Å². The zero-order valence-electron chi connectivity index (χ0n) is 16.5. The molecule has 0 aliphatic heterocycles. The zero-order chi connectivity index (χ0) is 20.2. The minimum absolute atomic E-state index is 0. The molecule has 4 nitrogen and oxygen atoms in total. The quantitative estimate of drug-likeness (QED) is 0.238. The van der Waals surface area contributed by atoms with Crippen molar-refractivity contribution < 1.29 is 21.1 Å². The number of benzene rings is 2. The summed E-state index contributed by atoms with van der Waals surface area (Å²) in [6.45, 7) is 0. The SMILES string of the molecule is [Pt+2].[c-]1c(-c2ccc[n-]2)cccc1N(c1ccccc1)c1cccc(-c2ccccn2)n1. The second kappa shape index (κ2) is 9.55. The van der Waals surface area contributed by atoms with Gasteiger partial charge in [0.25, 0.3) is 0 Å². The number of pyridine rings is 2. The van der Waals surface area contributed by atoms with E-state index in [2.05, 4.69) is 33.1 Å². The van der Waals surface area contributed by atoms with E-state index in [0.717, 1.165) is 39.8 Å². The Labute approximate surface area is 195 Å². The zero-order valence-corrected chi connectivity index (χ0v) is 18.8. The number of hydrogen-bond donors (Lipinski definition) is 0. The standard InChI is InChI=1S/C26H18N4.Pt/c1-2-10-21(11-3-1)30(22-12-6-9-20(19-22)23-15-8-18-27-23)26-16-7-14-25(29-26)24-13-4-5-17-28-24;/h1-18H;/q-2;+2. The third kappa shape index (κ3) is 4.50. The molecule has 0 fully saturated rings. The third-order valence-corrected chi connectivity index (χ3v) is 4.76. The van der Waals surface area contributed by atoms with E-state index < -0.39 is 0 Å². The molecule has 0 saturated heterocycles. The monoisotopic (exact) mass is 581 g/mol. The first-order chi connectivity index (χ1) is 14.9. The molecule has 5 rings (SSSR count). The summed E-state index contributed by atoms with van der Waals surface area (Å²) in [5.41, 5.74) is 5.41. The molecule has 0 aliphatic rings. The van der Waals surface area contributed by atoms with E-state index >= 15 is 0 Å². The Balaban J connectivity index is 0.00000231. The van der Waals surface area contributed by atoms with Crippen molar-refractivity contribution in [2.45, 2.75) is 0 Å². The molecule has 3 heterocycles. The molecule has 152 valence electrons. The first-order valence-electron chi connectivity index (χ1n) is 9.72. The Morgan fingerprint density at radius 3 is 2.29 bits per heavy atom. The smallest absolute Gasteiger partial charge is 0.708 e. The summed E-state index contributed by atoms with van der Waals surface area (Å²) in [6, 6.07) is 35.5. The van der Waals surface area contributed by atoms with E-state index in [-0.39, 0.29) is 21.1 Å². The molecule has 0 spiro atoms. The molecule has 0 N–H and O–H groups in total. The van der Waals surface area contributed by atoms with Crippen molar-refractivity contribution in [1.82, 2.24) is 15.0 Å². The van der Waals surface area contributed by atoms with Crippen LogP contribution in [-0.2, 0) is 21.1 Å². The van der Waals surface area contributed by atoms with Gasteiger partial charge in [0, 0.05) is 11.9 Å². The number of anilines is 3. The van der Waals surface area contributed by atoms with Gasteiger partial charge in [0.2, 0.25) is 0 Å². The van der Waals surface area contributed by atoms with Gasteiger partial charge in [-0.3, -0.25) is 4.98 Å². The topological polar surface area (TPSA) is 43.1 Å². The first-order valence-corrected chi connectivity index (χ1v) is 9.72. The molecule has 0 unspecified atom stereocenters. The molecule has 31 heavy (non-hydrogen) atoms. The van der Waals surface area contributed by atoms with E-state index in [1.54, 1.807) is 12.4 Å². The maximum absolute atomic E-state index is 4.92. The van der Waals surface area contributed by atoms with Crippen molar-refractivity contribution in [1.29, 1.82) is 0 Å². The van der Waals surface area contributed by atoms with E-state index in [9.17, 15) is 0 Å². The van der Waals surface area contributed by atoms with Crippen LogP contribution in [0.2, 0.25) is 0 Å². The van der Waals surface area contributed by atoms with Crippen LogP contribution in [0.5, 0.6) is 0 Å². The van der Waals surface area contributed by atoms with Crippen molar-refractivity contribution in [3.63, 3.8) is 0 Å². The molecule has 3 aromatic heterocycles. The molecule has 2 aromatic carbocycles. The number of aromatic nitrogens is 3. The summed E-state index contributed by atoms with van der Waals surface area (Å²) in [7, 11) is 0. The minimum atomic E-state index is 0. The second-order valence-electron chi connectivity index (χ2n) is 6.74. The van der Waals surface area contributed by atoms with Gasteiger partial charge < -0.3 is 9.88 Å². The second-order valence-corrected chi connectivity index (χ2v) is 6.74. The fourth-order valence-corrected chi connectivity index (χ4v) is 3.37. The molecule has 0 atom stereocenters. The Bertz CT molecular complexity index is 1240. The number of hydrogen-bond acceptors (Lipinski definition) is 3. The third-order valence-electron chi connectivity index (χ3n) is 4.76. The maximum Gasteiger partial charge on any atom is 2.00 e. The van der Waals surface area contributed by atoms with Crippen molar-refractivity contribution >= 4 is 17.2 Å². The average molecular weight is 582 g/mol. The van der Waals surface area contributed by atoms with Crippen LogP contribution in [0.25, 0.3) is 22.6 Å². The predicted molar refractivity (Wildman–Crippen MR) is 120 cm³/mol. The molecular formula is C26H18N4Pt. The van der Waals surface area contributed by atoms with Gasteiger partial charge in [-0.1, -0.05) is 36.4 Å². The van der Waals surface area contributed by atoms with E-state index in [4.69, 9.17) is 4.98 Å². The normalized spacial score (nSPS) is 10.3. The molecule has 0 radical (unpaired) electrons. The largest absolute Gasteiger partial charge is 2.00 e. The number of para-hydroxylation sites is 1. The molecule has 0 aliphatic carbocycles. The van der Waals surface area contributed by atoms with Crippen LogP contribution < -0.4 is 9.88 Å². The van der Waals surface area contributed by atoms with Gasteiger partial charge in [-0.2, -0.15) is 11.8 Å². The molecular weight excluding hydrogens is 563 g/mol. The van der Waals surface area contributed by atoms with Gasteiger partial charge in [0.1, 0.15) is 5.82 Å².